The molecule has 0 unspecified atom stereocenters. The molecule has 26 heavy (non-hydrogen) atoms. The molecular weight excluding hydrogens is 332 g/mol. The summed E-state index contributed by atoms with van der Waals surface area (Å²) < 4.78 is 11.0. The normalized spacial score (nSPS) is 23.6. The number of nitrogens with zero attached hydrogens (tertiary/aromatic N) is 1. The number of carbonyl (C=O) groups is 2. The van der Waals surface area contributed by atoms with E-state index in [2.05, 4.69) is 5.32 Å². The molecule has 4 rings (SSSR count). The van der Waals surface area contributed by atoms with Crippen LogP contribution in [0.4, 0.5) is 10.5 Å². The van der Waals surface area contributed by atoms with Gasteiger partial charge in [0.05, 0.1) is 24.4 Å². The number of fused-ring (bicyclic) bond motifs is 4. The molecule has 134 valence electrons. The third kappa shape index (κ3) is 2.41. The molecular formula is C20H20N2O4. The van der Waals surface area contributed by atoms with Crippen molar-refractivity contribution < 1.29 is 19.1 Å². The Morgan fingerprint density at radius 1 is 1.31 bits per heavy atom. The van der Waals surface area contributed by atoms with Crippen LogP contribution in [0.2, 0.25) is 0 Å². The van der Waals surface area contributed by atoms with Crippen molar-refractivity contribution in [2.45, 2.75) is 32.0 Å². The van der Waals surface area contributed by atoms with E-state index in [4.69, 9.17) is 9.47 Å². The van der Waals surface area contributed by atoms with Crippen LogP contribution in [0.25, 0.3) is 0 Å². The van der Waals surface area contributed by atoms with Crippen molar-refractivity contribution in [1.82, 2.24) is 5.32 Å². The largest absolute Gasteiger partial charge is 0.467 e. The van der Waals surface area contributed by atoms with E-state index >= 15 is 0 Å². The van der Waals surface area contributed by atoms with Crippen molar-refractivity contribution in [1.29, 1.82) is 0 Å². The zero-order valence-electron chi connectivity index (χ0n) is 14.9. The van der Waals surface area contributed by atoms with Crippen molar-refractivity contribution in [3.05, 3.63) is 59.2 Å². The maximum atomic E-state index is 12.9. The Morgan fingerprint density at radius 3 is 2.81 bits per heavy atom. The molecule has 1 saturated heterocycles. The number of esters is 1. The average molecular weight is 352 g/mol. The van der Waals surface area contributed by atoms with Gasteiger partial charge >= 0.3 is 12.0 Å². The van der Waals surface area contributed by atoms with E-state index in [1.807, 2.05) is 38.1 Å². The van der Waals surface area contributed by atoms with Gasteiger partial charge in [0.25, 0.3) is 0 Å². The highest BCUT2D eigenvalue weighted by atomic mass is 16.5. The number of amides is 2. The summed E-state index contributed by atoms with van der Waals surface area (Å²) in [5.74, 6) is 0.250. The Morgan fingerprint density at radius 2 is 2.08 bits per heavy atom. The van der Waals surface area contributed by atoms with E-state index in [1.165, 1.54) is 7.11 Å². The van der Waals surface area contributed by atoms with Gasteiger partial charge in [0.15, 0.2) is 5.72 Å². The molecule has 0 spiro atoms. The number of urea groups is 1. The SMILES string of the molecule is COC(=O)c1ccc2c(c1)[C@@H]1C[C@@](C)(O2)N(c2ccccc2C)C(=O)N1. The lowest BCUT2D eigenvalue weighted by Gasteiger charge is -2.51. The van der Waals surface area contributed by atoms with Gasteiger partial charge in [-0.3, -0.25) is 4.90 Å². The molecule has 1 N–H and O–H groups in total. The summed E-state index contributed by atoms with van der Waals surface area (Å²) >= 11 is 0. The van der Waals surface area contributed by atoms with Crippen LogP contribution in [0.5, 0.6) is 5.75 Å². The summed E-state index contributed by atoms with van der Waals surface area (Å²) in [5.41, 5.74) is 2.24. The maximum absolute atomic E-state index is 12.9. The topological polar surface area (TPSA) is 67.9 Å². The third-order valence-electron chi connectivity index (χ3n) is 5.05. The molecule has 2 aromatic rings. The minimum Gasteiger partial charge on any atom is -0.467 e. The number of para-hydroxylation sites is 1. The van der Waals surface area contributed by atoms with Crippen LogP contribution < -0.4 is 15.0 Å². The Labute approximate surface area is 151 Å². The second-order valence-electron chi connectivity index (χ2n) is 6.85. The molecule has 2 amide bonds. The van der Waals surface area contributed by atoms with Crippen molar-refractivity contribution >= 4 is 17.7 Å². The van der Waals surface area contributed by atoms with E-state index in [0.29, 0.717) is 17.7 Å². The van der Waals surface area contributed by atoms with Gasteiger partial charge in [-0.25, -0.2) is 9.59 Å². The fraction of sp³-hybridized carbons (Fsp3) is 0.300. The number of methoxy groups -OCH3 is 1. The first-order valence-corrected chi connectivity index (χ1v) is 8.50. The van der Waals surface area contributed by atoms with E-state index in [9.17, 15) is 9.59 Å². The Balaban J connectivity index is 1.78. The predicted molar refractivity (Wildman–Crippen MR) is 96.4 cm³/mol. The summed E-state index contributed by atoms with van der Waals surface area (Å²) in [7, 11) is 1.35. The van der Waals surface area contributed by atoms with Crippen LogP contribution in [0.1, 0.15) is 40.9 Å². The number of carbonyl (C=O) groups excluding carboxylic acids is 2. The van der Waals surface area contributed by atoms with Gasteiger partial charge in [-0.05, 0) is 43.7 Å². The predicted octanol–water partition coefficient (Wildman–Crippen LogP) is 3.55. The molecule has 2 aliphatic heterocycles. The average Bonchev–Trinajstić information content (AvgIpc) is 2.61. The van der Waals surface area contributed by atoms with Crippen LogP contribution in [-0.2, 0) is 4.74 Å². The highest BCUT2D eigenvalue weighted by Crippen LogP contribution is 2.46. The fourth-order valence-corrected chi connectivity index (χ4v) is 3.80. The van der Waals surface area contributed by atoms with Crippen molar-refractivity contribution in [3.63, 3.8) is 0 Å². The summed E-state index contributed by atoms with van der Waals surface area (Å²) in [6, 6.07) is 12.5. The summed E-state index contributed by atoms with van der Waals surface area (Å²) in [5, 5.41) is 3.04. The fourth-order valence-electron chi connectivity index (χ4n) is 3.80. The molecule has 0 radical (unpaired) electrons. The molecule has 2 bridgehead atoms. The Hall–Kier alpha value is -3.02. The molecule has 2 heterocycles. The monoisotopic (exact) mass is 352 g/mol. The van der Waals surface area contributed by atoms with Crippen molar-refractivity contribution in [2.24, 2.45) is 0 Å². The smallest absolute Gasteiger partial charge is 0.337 e. The molecule has 0 aromatic heterocycles. The van der Waals surface area contributed by atoms with Gasteiger partial charge in [0, 0.05) is 12.0 Å². The molecule has 2 aromatic carbocycles. The highest BCUT2D eigenvalue weighted by molar-refractivity contribution is 5.96. The lowest BCUT2D eigenvalue weighted by molar-refractivity contribution is 0.0376. The summed E-state index contributed by atoms with van der Waals surface area (Å²) in [6.07, 6.45) is 0.574. The van der Waals surface area contributed by atoms with Gasteiger partial charge in [-0.2, -0.15) is 0 Å². The molecule has 2 atom stereocenters. The highest BCUT2D eigenvalue weighted by Gasteiger charge is 2.50. The van der Waals surface area contributed by atoms with Crippen LogP contribution in [0.3, 0.4) is 0 Å². The van der Waals surface area contributed by atoms with Gasteiger partial charge in [0.2, 0.25) is 0 Å². The van der Waals surface area contributed by atoms with Crippen molar-refractivity contribution in [2.75, 3.05) is 12.0 Å². The first-order chi connectivity index (χ1) is 12.4. The molecule has 6 nitrogen and oxygen atoms in total. The zero-order chi connectivity index (χ0) is 18.5. The van der Waals surface area contributed by atoms with Crippen LogP contribution >= 0.6 is 0 Å². The zero-order valence-corrected chi connectivity index (χ0v) is 14.9. The molecule has 0 saturated carbocycles. The number of hydrogen-bond acceptors (Lipinski definition) is 4. The van der Waals surface area contributed by atoms with Crippen LogP contribution in [-0.4, -0.2) is 24.8 Å². The Kier molecular flexibility index (Phi) is 3.64. The first-order valence-electron chi connectivity index (χ1n) is 8.50. The maximum Gasteiger partial charge on any atom is 0.337 e. The minimum absolute atomic E-state index is 0.216. The summed E-state index contributed by atoms with van der Waals surface area (Å²) in [4.78, 5) is 26.4. The van der Waals surface area contributed by atoms with Gasteiger partial charge in [-0.1, -0.05) is 18.2 Å². The lowest BCUT2D eigenvalue weighted by Crippen LogP contribution is -2.65. The van der Waals surface area contributed by atoms with E-state index in [1.54, 1.807) is 23.1 Å². The van der Waals surface area contributed by atoms with Crippen LogP contribution in [0, 0.1) is 6.92 Å². The number of ether oxygens (including phenoxy) is 2. The molecule has 0 aliphatic carbocycles. The standard InChI is InChI=1S/C20H20N2O4/c1-12-6-4-5-7-16(12)22-19(24)21-15-11-20(22,2)26-17-9-8-13(10-14(15)17)18(23)25-3/h4-10,15H,11H2,1-3H3,(H,21,24)/t15-,20+/m0/s1. The number of nitrogens with one attached hydrogen (secondary N) is 1. The van der Waals surface area contributed by atoms with Crippen molar-refractivity contribution in [3.8, 4) is 5.75 Å². The van der Waals surface area contributed by atoms with Gasteiger partial charge in [-0.15, -0.1) is 0 Å². The van der Waals surface area contributed by atoms with E-state index in [-0.39, 0.29) is 12.1 Å². The molecule has 2 aliphatic rings. The number of aryl methyl sites for hydroxylation is 1. The molecule has 6 heteroatoms. The first kappa shape index (κ1) is 16.4. The number of rotatable bonds is 2. The van der Waals surface area contributed by atoms with Gasteiger partial charge < -0.3 is 14.8 Å². The summed E-state index contributed by atoms with van der Waals surface area (Å²) in [6.45, 7) is 3.89. The third-order valence-corrected chi connectivity index (χ3v) is 5.05. The van der Waals surface area contributed by atoms with E-state index < -0.39 is 11.7 Å². The van der Waals surface area contributed by atoms with E-state index in [0.717, 1.165) is 16.8 Å². The molecule has 1 fully saturated rings. The minimum atomic E-state index is -0.807. The number of hydrogen-bond donors (Lipinski definition) is 1. The van der Waals surface area contributed by atoms with Crippen LogP contribution in [0.15, 0.2) is 42.5 Å². The second-order valence-corrected chi connectivity index (χ2v) is 6.85. The lowest BCUT2D eigenvalue weighted by atomic mass is 9.89. The van der Waals surface area contributed by atoms with Gasteiger partial charge in [0.1, 0.15) is 5.75 Å². The number of benzene rings is 2. The second kappa shape index (κ2) is 5.76. The Bertz CT molecular complexity index is 910. The quantitative estimate of drug-likeness (QED) is 0.840. The number of anilines is 1.